The molecule has 2 fully saturated rings. The minimum atomic E-state index is -0.769. The van der Waals surface area contributed by atoms with Gasteiger partial charge in [0.1, 0.15) is 0 Å². The smallest absolute Gasteiger partial charge is 0.317 e. The number of urea groups is 1. The molecule has 2 atom stereocenters. The number of aliphatic carboxylic acids is 1. The first-order valence-electron chi connectivity index (χ1n) is 9.24. The van der Waals surface area contributed by atoms with Gasteiger partial charge in [-0.05, 0) is 24.8 Å². The number of carboxylic acid groups (broad SMARTS) is 1. The largest absolute Gasteiger partial charge is 0.490 e. The highest BCUT2D eigenvalue weighted by Crippen LogP contribution is 2.48. The van der Waals surface area contributed by atoms with Crippen LogP contribution < -0.4 is 14.8 Å². The number of rotatable bonds is 3. The molecule has 0 aromatic heterocycles. The summed E-state index contributed by atoms with van der Waals surface area (Å²) in [5.41, 5.74) is 0.114. The Morgan fingerprint density at radius 2 is 2.12 bits per heavy atom. The molecule has 2 heterocycles. The van der Waals surface area contributed by atoms with E-state index in [0.29, 0.717) is 50.8 Å². The van der Waals surface area contributed by atoms with E-state index in [2.05, 4.69) is 5.32 Å². The molecule has 2 aliphatic heterocycles. The molecule has 7 nitrogen and oxygen atoms in total. The average Bonchev–Trinajstić information content (AvgIpc) is 3.09. The second-order valence-electron chi connectivity index (χ2n) is 7.38. The highest BCUT2D eigenvalue weighted by molar-refractivity contribution is 5.80. The number of nitrogens with one attached hydrogen (secondary N) is 1. The lowest BCUT2D eigenvalue weighted by Crippen LogP contribution is -2.41. The second kappa shape index (κ2) is 6.70. The van der Waals surface area contributed by atoms with Crippen LogP contribution in [-0.2, 0) is 11.3 Å². The van der Waals surface area contributed by atoms with Gasteiger partial charge < -0.3 is 24.8 Å². The molecule has 1 aromatic carbocycles. The zero-order chi connectivity index (χ0) is 18.1. The van der Waals surface area contributed by atoms with Crippen molar-refractivity contribution >= 4 is 12.0 Å². The summed E-state index contributed by atoms with van der Waals surface area (Å²) in [5, 5.41) is 12.6. The van der Waals surface area contributed by atoms with Crippen LogP contribution in [0.4, 0.5) is 4.79 Å². The highest BCUT2D eigenvalue weighted by atomic mass is 16.5. The Hall–Kier alpha value is -2.44. The number of fused-ring (bicyclic) bond motifs is 2. The Bertz CT molecular complexity index is 722. The molecule has 7 heteroatoms. The maximum Gasteiger partial charge on any atom is 0.317 e. The van der Waals surface area contributed by atoms with E-state index in [-0.39, 0.29) is 11.9 Å². The van der Waals surface area contributed by atoms with Gasteiger partial charge in [0.2, 0.25) is 0 Å². The van der Waals surface area contributed by atoms with Gasteiger partial charge in [0.25, 0.3) is 0 Å². The number of benzene rings is 1. The molecular formula is C19H24N2O5. The van der Waals surface area contributed by atoms with Crippen LogP contribution in [0.15, 0.2) is 18.2 Å². The number of carbonyl (C=O) groups is 2. The van der Waals surface area contributed by atoms with Gasteiger partial charge in [0, 0.05) is 31.6 Å². The summed E-state index contributed by atoms with van der Waals surface area (Å²) in [6, 6.07) is 5.44. The minimum Gasteiger partial charge on any atom is -0.490 e. The minimum absolute atomic E-state index is 0.0653. The molecule has 2 amide bonds. The molecule has 1 saturated carbocycles. The topological polar surface area (TPSA) is 88.1 Å². The monoisotopic (exact) mass is 360 g/mol. The van der Waals surface area contributed by atoms with Gasteiger partial charge in [-0.2, -0.15) is 0 Å². The molecule has 1 aliphatic carbocycles. The predicted molar refractivity (Wildman–Crippen MR) is 93.3 cm³/mol. The maximum atomic E-state index is 12.6. The van der Waals surface area contributed by atoms with Crippen molar-refractivity contribution in [3.05, 3.63) is 23.8 Å². The lowest BCUT2D eigenvalue weighted by molar-refractivity contribution is -0.149. The van der Waals surface area contributed by atoms with Gasteiger partial charge >= 0.3 is 12.0 Å². The number of likely N-dealkylation sites (tertiary alicyclic amines) is 1. The lowest BCUT2D eigenvalue weighted by atomic mass is 9.81. The fourth-order valence-electron chi connectivity index (χ4n) is 4.47. The van der Waals surface area contributed by atoms with Crippen LogP contribution in [0.5, 0.6) is 11.5 Å². The fraction of sp³-hybridized carbons (Fsp3) is 0.579. The number of carboxylic acids is 1. The average molecular weight is 360 g/mol. The first-order valence-corrected chi connectivity index (χ1v) is 9.24. The summed E-state index contributed by atoms with van der Waals surface area (Å²) in [4.78, 5) is 26.0. The highest BCUT2D eigenvalue weighted by Gasteiger charge is 2.55. The predicted octanol–water partition coefficient (Wildman–Crippen LogP) is 2.24. The number of amides is 2. The standard InChI is InChI=1S/C19H24N2O5/c22-17(23)19-7-2-5-14(19)11-21(12-19)18(24)20-10-13-4-1-6-15-16(13)26-9-3-8-25-15/h1,4,6,14H,2-3,5,7-12H2,(H,20,24)(H,22,23)/t14-,19+/m0/s1. The number of nitrogens with zero attached hydrogens (tertiary/aromatic N) is 1. The first-order chi connectivity index (χ1) is 12.6. The quantitative estimate of drug-likeness (QED) is 0.863. The van der Waals surface area contributed by atoms with Crippen molar-refractivity contribution < 1.29 is 24.2 Å². The molecule has 1 aromatic rings. The third-order valence-corrected chi connectivity index (χ3v) is 5.87. The van der Waals surface area contributed by atoms with Crippen molar-refractivity contribution in [2.24, 2.45) is 11.3 Å². The normalized spacial score (nSPS) is 26.9. The molecule has 0 unspecified atom stereocenters. The lowest BCUT2D eigenvalue weighted by Gasteiger charge is -2.23. The Kier molecular flexibility index (Phi) is 4.38. The van der Waals surface area contributed by atoms with Gasteiger partial charge in [-0.15, -0.1) is 0 Å². The first kappa shape index (κ1) is 17.0. The van der Waals surface area contributed by atoms with Gasteiger partial charge in [0.15, 0.2) is 11.5 Å². The van der Waals surface area contributed by atoms with Crippen LogP contribution in [0, 0.1) is 11.3 Å². The van der Waals surface area contributed by atoms with E-state index < -0.39 is 11.4 Å². The Morgan fingerprint density at radius 3 is 2.92 bits per heavy atom. The SMILES string of the molecule is O=C(NCc1cccc2c1OCCCO2)N1C[C@@H]2CCC[C@@]2(C(=O)O)C1. The summed E-state index contributed by atoms with van der Waals surface area (Å²) < 4.78 is 11.5. The molecule has 26 heavy (non-hydrogen) atoms. The van der Waals surface area contributed by atoms with Gasteiger partial charge in [0.05, 0.1) is 18.6 Å². The maximum absolute atomic E-state index is 12.6. The van der Waals surface area contributed by atoms with Gasteiger partial charge in [-0.1, -0.05) is 18.6 Å². The van der Waals surface area contributed by atoms with Crippen molar-refractivity contribution in [1.82, 2.24) is 10.2 Å². The van der Waals surface area contributed by atoms with Crippen molar-refractivity contribution in [2.75, 3.05) is 26.3 Å². The summed E-state index contributed by atoms with van der Waals surface area (Å²) in [7, 11) is 0. The van der Waals surface area contributed by atoms with Crippen molar-refractivity contribution in [3.8, 4) is 11.5 Å². The van der Waals surface area contributed by atoms with Crippen LogP contribution in [0.2, 0.25) is 0 Å². The Labute approximate surface area is 152 Å². The number of hydrogen-bond donors (Lipinski definition) is 2. The van der Waals surface area contributed by atoms with Crippen LogP contribution in [0.25, 0.3) is 0 Å². The van der Waals surface area contributed by atoms with E-state index in [1.54, 1.807) is 4.90 Å². The Morgan fingerprint density at radius 1 is 1.27 bits per heavy atom. The molecule has 3 aliphatic rings. The number of carbonyl (C=O) groups excluding carboxylic acids is 1. The van der Waals surface area contributed by atoms with E-state index in [9.17, 15) is 14.7 Å². The van der Waals surface area contributed by atoms with Crippen molar-refractivity contribution in [3.63, 3.8) is 0 Å². The summed E-state index contributed by atoms with van der Waals surface area (Å²) in [5.74, 6) is 0.685. The van der Waals surface area contributed by atoms with Gasteiger partial charge in [-0.3, -0.25) is 4.79 Å². The third kappa shape index (κ3) is 2.85. The molecule has 2 N–H and O–H groups in total. The number of para-hydroxylation sites is 1. The van der Waals surface area contributed by atoms with Crippen LogP contribution in [-0.4, -0.2) is 48.3 Å². The van der Waals surface area contributed by atoms with Gasteiger partial charge in [-0.25, -0.2) is 4.79 Å². The molecule has 140 valence electrons. The zero-order valence-corrected chi connectivity index (χ0v) is 14.7. The Balaban J connectivity index is 1.42. The molecule has 4 rings (SSSR count). The number of ether oxygens (including phenoxy) is 2. The molecule has 0 radical (unpaired) electrons. The molecule has 0 bridgehead atoms. The molecule has 0 spiro atoms. The van der Waals surface area contributed by atoms with Crippen molar-refractivity contribution in [1.29, 1.82) is 0 Å². The summed E-state index contributed by atoms with van der Waals surface area (Å²) in [6.07, 6.45) is 3.30. The van der Waals surface area contributed by atoms with E-state index in [1.165, 1.54) is 0 Å². The number of hydrogen-bond acceptors (Lipinski definition) is 4. The van der Waals surface area contributed by atoms with Crippen LogP contribution in [0.1, 0.15) is 31.2 Å². The van der Waals surface area contributed by atoms with E-state index in [4.69, 9.17) is 9.47 Å². The zero-order valence-electron chi connectivity index (χ0n) is 14.7. The van der Waals surface area contributed by atoms with E-state index in [1.807, 2.05) is 18.2 Å². The third-order valence-electron chi connectivity index (χ3n) is 5.87. The van der Waals surface area contributed by atoms with Crippen LogP contribution in [0.3, 0.4) is 0 Å². The van der Waals surface area contributed by atoms with E-state index in [0.717, 1.165) is 24.8 Å². The molecule has 1 saturated heterocycles. The molecular weight excluding hydrogens is 336 g/mol. The summed E-state index contributed by atoms with van der Waals surface area (Å²) in [6.45, 7) is 2.35. The van der Waals surface area contributed by atoms with E-state index >= 15 is 0 Å². The van der Waals surface area contributed by atoms with Crippen molar-refractivity contribution in [2.45, 2.75) is 32.2 Å². The summed E-state index contributed by atoms with van der Waals surface area (Å²) >= 11 is 0. The van der Waals surface area contributed by atoms with Crippen LogP contribution >= 0.6 is 0 Å². The fourth-order valence-corrected chi connectivity index (χ4v) is 4.47. The second-order valence-corrected chi connectivity index (χ2v) is 7.38.